The maximum absolute atomic E-state index is 11.2. The maximum atomic E-state index is 11.2. The summed E-state index contributed by atoms with van der Waals surface area (Å²) in [5.41, 5.74) is 1.07. The second-order valence-electron chi connectivity index (χ2n) is 4.91. The first kappa shape index (κ1) is 16.1. The van der Waals surface area contributed by atoms with Crippen LogP contribution in [0.3, 0.4) is 0 Å². The van der Waals surface area contributed by atoms with E-state index in [1.807, 2.05) is 14.1 Å². The van der Waals surface area contributed by atoms with Crippen molar-refractivity contribution < 1.29 is 9.72 Å². The average Bonchev–Trinajstić information content (AvgIpc) is 2.42. The summed E-state index contributed by atoms with van der Waals surface area (Å²) in [5, 5.41) is 10.8. The van der Waals surface area contributed by atoms with Crippen molar-refractivity contribution >= 4 is 17.7 Å². The van der Waals surface area contributed by atoms with Gasteiger partial charge in [-0.15, -0.1) is 0 Å². The Kier molecular flexibility index (Phi) is 6.11. The molecule has 6 nitrogen and oxygen atoms in total. The number of nitro benzene ring substituents is 1. The van der Waals surface area contributed by atoms with Crippen LogP contribution in [0.2, 0.25) is 0 Å². The highest BCUT2D eigenvalue weighted by Gasteiger charge is 2.15. The fraction of sp³-hybridized carbons (Fsp3) is 0.500. The van der Waals surface area contributed by atoms with Crippen molar-refractivity contribution in [3.63, 3.8) is 0 Å². The van der Waals surface area contributed by atoms with Crippen LogP contribution >= 0.6 is 0 Å². The molecule has 20 heavy (non-hydrogen) atoms. The van der Waals surface area contributed by atoms with Gasteiger partial charge in [-0.1, -0.05) is 6.92 Å². The minimum atomic E-state index is -0.485. The highest BCUT2D eigenvalue weighted by molar-refractivity contribution is 5.86. The molecule has 0 aliphatic carbocycles. The summed E-state index contributed by atoms with van der Waals surface area (Å²) in [6.45, 7) is 4.51. The Morgan fingerprint density at radius 2 is 1.95 bits per heavy atom. The molecule has 0 aliphatic heterocycles. The van der Waals surface area contributed by atoms with Crippen LogP contribution in [-0.4, -0.2) is 49.8 Å². The monoisotopic (exact) mass is 279 g/mol. The van der Waals surface area contributed by atoms with Crippen LogP contribution in [0.25, 0.3) is 0 Å². The smallest absolute Gasteiger partial charge is 0.270 e. The SMILES string of the molecule is CCCN(CCN(C)C)c1ccc([N+](=O)[O-])cc1C=O. The van der Waals surface area contributed by atoms with E-state index in [-0.39, 0.29) is 5.69 Å². The lowest BCUT2D eigenvalue weighted by Crippen LogP contribution is -2.33. The van der Waals surface area contributed by atoms with Crippen LogP contribution in [0, 0.1) is 10.1 Å². The molecule has 6 heteroatoms. The number of nitrogens with zero attached hydrogens (tertiary/aromatic N) is 3. The topological polar surface area (TPSA) is 66.7 Å². The predicted octanol–water partition coefficient (Wildman–Crippen LogP) is 2.19. The van der Waals surface area contributed by atoms with Gasteiger partial charge < -0.3 is 9.80 Å². The number of carbonyl (C=O) groups excluding carboxylic acids is 1. The van der Waals surface area contributed by atoms with Crippen molar-refractivity contribution in [3.8, 4) is 0 Å². The van der Waals surface area contributed by atoms with Gasteiger partial charge in [0.25, 0.3) is 5.69 Å². The molecule has 0 amide bonds. The second-order valence-corrected chi connectivity index (χ2v) is 4.91. The van der Waals surface area contributed by atoms with Gasteiger partial charge in [0.2, 0.25) is 0 Å². The van der Waals surface area contributed by atoms with E-state index in [0.29, 0.717) is 11.8 Å². The number of rotatable bonds is 8. The molecule has 0 radical (unpaired) electrons. The van der Waals surface area contributed by atoms with E-state index in [2.05, 4.69) is 16.7 Å². The lowest BCUT2D eigenvalue weighted by molar-refractivity contribution is -0.384. The van der Waals surface area contributed by atoms with Crippen LogP contribution in [0.4, 0.5) is 11.4 Å². The Morgan fingerprint density at radius 1 is 1.25 bits per heavy atom. The van der Waals surface area contributed by atoms with Gasteiger partial charge in [-0.3, -0.25) is 14.9 Å². The molecule has 0 heterocycles. The number of non-ortho nitro benzene ring substituents is 1. The molecule has 1 aromatic carbocycles. The molecular weight excluding hydrogens is 258 g/mol. The summed E-state index contributed by atoms with van der Waals surface area (Å²) >= 11 is 0. The number of hydrogen-bond acceptors (Lipinski definition) is 5. The van der Waals surface area contributed by atoms with E-state index in [1.165, 1.54) is 12.1 Å². The van der Waals surface area contributed by atoms with Gasteiger partial charge in [0.05, 0.1) is 4.92 Å². The molecule has 0 fully saturated rings. The summed E-state index contributed by atoms with van der Waals surface area (Å²) < 4.78 is 0. The van der Waals surface area contributed by atoms with Crippen molar-refractivity contribution in [1.29, 1.82) is 0 Å². The zero-order valence-corrected chi connectivity index (χ0v) is 12.2. The van der Waals surface area contributed by atoms with Gasteiger partial charge in [-0.05, 0) is 26.6 Å². The van der Waals surface area contributed by atoms with E-state index in [1.54, 1.807) is 6.07 Å². The van der Waals surface area contributed by atoms with Crippen molar-refractivity contribution in [2.24, 2.45) is 0 Å². The normalized spacial score (nSPS) is 10.6. The number of carbonyl (C=O) groups is 1. The summed E-state index contributed by atoms with van der Waals surface area (Å²) in [6, 6.07) is 4.44. The third kappa shape index (κ3) is 4.31. The van der Waals surface area contributed by atoms with Gasteiger partial charge in [0, 0.05) is 43.0 Å². The molecule has 1 rings (SSSR count). The van der Waals surface area contributed by atoms with Gasteiger partial charge in [0.1, 0.15) is 0 Å². The molecule has 0 saturated heterocycles. The minimum absolute atomic E-state index is 0.0556. The zero-order valence-electron chi connectivity index (χ0n) is 12.2. The molecular formula is C14H21N3O3. The second kappa shape index (κ2) is 7.59. The quantitative estimate of drug-likeness (QED) is 0.414. The van der Waals surface area contributed by atoms with Crippen LogP contribution in [-0.2, 0) is 0 Å². The number of anilines is 1. The van der Waals surface area contributed by atoms with E-state index < -0.39 is 4.92 Å². The molecule has 110 valence electrons. The van der Waals surface area contributed by atoms with E-state index >= 15 is 0 Å². The third-order valence-electron chi connectivity index (χ3n) is 3.00. The largest absolute Gasteiger partial charge is 0.370 e. The summed E-state index contributed by atoms with van der Waals surface area (Å²) in [6.07, 6.45) is 1.63. The molecule has 0 saturated carbocycles. The molecule has 0 N–H and O–H groups in total. The highest BCUT2D eigenvalue weighted by atomic mass is 16.6. The fourth-order valence-corrected chi connectivity index (χ4v) is 1.98. The predicted molar refractivity (Wildman–Crippen MR) is 79.5 cm³/mol. The molecule has 0 atom stereocenters. The van der Waals surface area contributed by atoms with Gasteiger partial charge in [-0.2, -0.15) is 0 Å². The number of benzene rings is 1. The van der Waals surface area contributed by atoms with E-state index in [0.717, 1.165) is 31.7 Å². The Bertz CT molecular complexity index is 475. The Hall–Kier alpha value is -1.95. The maximum Gasteiger partial charge on any atom is 0.270 e. The van der Waals surface area contributed by atoms with Crippen molar-refractivity contribution in [2.75, 3.05) is 38.6 Å². The van der Waals surface area contributed by atoms with Crippen LogP contribution in [0.15, 0.2) is 18.2 Å². The van der Waals surface area contributed by atoms with Crippen LogP contribution < -0.4 is 4.90 Å². The summed E-state index contributed by atoms with van der Waals surface area (Å²) in [5.74, 6) is 0. The molecule has 0 aliphatic rings. The molecule has 0 spiro atoms. The molecule has 0 aromatic heterocycles. The Morgan fingerprint density at radius 3 is 2.45 bits per heavy atom. The van der Waals surface area contributed by atoms with Gasteiger partial charge >= 0.3 is 0 Å². The lowest BCUT2D eigenvalue weighted by atomic mass is 10.1. The number of aldehydes is 1. The zero-order chi connectivity index (χ0) is 15.1. The first-order valence-corrected chi connectivity index (χ1v) is 6.62. The number of nitro groups is 1. The lowest BCUT2D eigenvalue weighted by Gasteiger charge is -2.27. The van der Waals surface area contributed by atoms with Gasteiger partial charge in [0.15, 0.2) is 6.29 Å². The highest BCUT2D eigenvalue weighted by Crippen LogP contribution is 2.24. The number of likely N-dealkylation sites (N-methyl/N-ethyl adjacent to an activating group) is 1. The van der Waals surface area contributed by atoms with Crippen molar-refractivity contribution in [2.45, 2.75) is 13.3 Å². The van der Waals surface area contributed by atoms with E-state index in [4.69, 9.17) is 0 Å². The first-order valence-electron chi connectivity index (χ1n) is 6.62. The van der Waals surface area contributed by atoms with Crippen molar-refractivity contribution in [1.82, 2.24) is 4.90 Å². The summed E-state index contributed by atoms with van der Waals surface area (Å²) in [7, 11) is 3.97. The molecule has 0 bridgehead atoms. The molecule has 0 unspecified atom stereocenters. The van der Waals surface area contributed by atoms with Gasteiger partial charge in [-0.25, -0.2) is 0 Å². The molecule has 1 aromatic rings. The van der Waals surface area contributed by atoms with Crippen molar-refractivity contribution in [3.05, 3.63) is 33.9 Å². The Labute approximate surface area is 119 Å². The van der Waals surface area contributed by atoms with Crippen LogP contribution in [0.5, 0.6) is 0 Å². The minimum Gasteiger partial charge on any atom is -0.370 e. The van der Waals surface area contributed by atoms with E-state index in [9.17, 15) is 14.9 Å². The third-order valence-corrected chi connectivity index (χ3v) is 3.00. The number of hydrogen-bond donors (Lipinski definition) is 0. The van der Waals surface area contributed by atoms with Crippen LogP contribution in [0.1, 0.15) is 23.7 Å². The summed E-state index contributed by atoms with van der Waals surface area (Å²) in [4.78, 5) is 25.6. The average molecular weight is 279 g/mol. The Balaban J connectivity index is 3.05. The fourth-order valence-electron chi connectivity index (χ4n) is 1.98. The standard InChI is InChI=1S/C14H21N3O3/c1-4-7-16(9-8-15(2)3)14-6-5-13(17(19)20)10-12(14)11-18/h5-6,10-11H,4,7-9H2,1-3H3. The first-order chi connectivity index (χ1) is 9.49.